The quantitative estimate of drug-likeness (QED) is 0.218. The zero-order valence-electron chi connectivity index (χ0n) is 17.2. The number of furan rings is 1. The lowest BCUT2D eigenvalue weighted by Crippen LogP contribution is -2.12. The van der Waals surface area contributed by atoms with Gasteiger partial charge in [0.05, 0.1) is 31.0 Å². The number of ether oxygens (including phenoxy) is 1. The first-order valence-electron chi connectivity index (χ1n) is 9.02. The van der Waals surface area contributed by atoms with E-state index in [9.17, 15) is 9.36 Å². The Hall–Kier alpha value is -1.07. The Labute approximate surface area is 166 Å². The van der Waals surface area contributed by atoms with Crippen molar-refractivity contribution in [2.45, 2.75) is 59.8 Å². The molecule has 27 heavy (non-hydrogen) atoms. The molecule has 6 nitrogen and oxygen atoms in total. The summed E-state index contributed by atoms with van der Waals surface area (Å²) in [6.07, 6.45) is 1.16. The molecule has 0 N–H and O–H groups in total. The van der Waals surface area contributed by atoms with Crippen LogP contribution in [-0.4, -0.2) is 25.8 Å². The predicted molar refractivity (Wildman–Crippen MR) is 107 cm³/mol. The van der Waals surface area contributed by atoms with E-state index in [0.29, 0.717) is 22.6 Å². The molecule has 0 aliphatic carbocycles. The molecule has 0 unspecified atom stereocenters. The third-order valence-corrected chi connectivity index (χ3v) is 6.09. The maximum Gasteiger partial charge on any atom is 0.362 e. The van der Waals surface area contributed by atoms with Crippen molar-refractivity contribution in [1.82, 2.24) is 0 Å². The Morgan fingerprint density at radius 2 is 1.70 bits per heavy atom. The van der Waals surface area contributed by atoms with E-state index in [1.165, 1.54) is 0 Å². The second-order valence-corrected chi connectivity index (χ2v) is 9.10. The number of esters is 1. The smallest absolute Gasteiger partial charge is 0.362 e. The van der Waals surface area contributed by atoms with Crippen molar-refractivity contribution < 1.29 is 27.6 Å². The largest absolute Gasteiger partial charge is 0.465 e. The van der Waals surface area contributed by atoms with Crippen molar-refractivity contribution in [1.29, 1.82) is 0 Å². The molecule has 0 amide bonds. The standard InChI is InChI=1S/C19H30ClO6P/c1-8-23-16(21)11-15(27(22,24-9-2)25-10-3)17-13(4)26-18(14(17)12-20)19(5,6)7/h11H,8-10,12H2,1-7H3/b15-11-. The highest BCUT2D eigenvalue weighted by atomic mass is 35.5. The number of hydrogen-bond acceptors (Lipinski definition) is 6. The lowest BCUT2D eigenvalue weighted by Gasteiger charge is -2.21. The lowest BCUT2D eigenvalue weighted by atomic mass is 9.89. The number of hydrogen-bond donors (Lipinski definition) is 0. The zero-order valence-corrected chi connectivity index (χ0v) is 18.8. The van der Waals surface area contributed by atoms with E-state index in [1.807, 2.05) is 20.8 Å². The van der Waals surface area contributed by atoms with Crippen LogP contribution in [0.3, 0.4) is 0 Å². The molecule has 8 heteroatoms. The molecule has 0 aliphatic rings. The van der Waals surface area contributed by atoms with Gasteiger partial charge in [-0.2, -0.15) is 0 Å². The maximum absolute atomic E-state index is 13.5. The molecule has 0 aromatic carbocycles. The number of rotatable bonds is 9. The topological polar surface area (TPSA) is 75.0 Å². The minimum atomic E-state index is -3.79. The summed E-state index contributed by atoms with van der Waals surface area (Å²) in [5, 5.41) is 0.108. The number of aryl methyl sites for hydroxylation is 1. The number of halogens is 1. The molecule has 0 saturated carbocycles. The van der Waals surface area contributed by atoms with Crippen LogP contribution >= 0.6 is 19.2 Å². The Morgan fingerprint density at radius 3 is 2.11 bits per heavy atom. The highest BCUT2D eigenvalue weighted by Gasteiger charge is 2.38. The first-order chi connectivity index (χ1) is 12.6. The van der Waals surface area contributed by atoms with Gasteiger partial charge in [0.1, 0.15) is 11.5 Å². The van der Waals surface area contributed by atoms with Crippen molar-refractivity contribution in [2.75, 3.05) is 19.8 Å². The van der Waals surface area contributed by atoms with Crippen molar-refractivity contribution >= 4 is 30.5 Å². The van der Waals surface area contributed by atoms with Gasteiger partial charge in [-0.1, -0.05) is 20.8 Å². The van der Waals surface area contributed by atoms with Gasteiger partial charge in [-0.25, -0.2) is 4.79 Å². The summed E-state index contributed by atoms with van der Waals surface area (Å²) >= 11 is 6.23. The van der Waals surface area contributed by atoms with Crippen LogP contribution in [0.1, 0.15) is 64.2 Å². The molecule has 1 heterocycles. The van der Waals surface area contributed by atoms with Crippen LogP contribution in [0.4, 0.5) is 0 Å². The van der Waals surface area contributed by atoms with Crippen molar-refractivity contribution in [3.63, 3.8) is 0 Å². The maximum atomic E-state index is 13.5. The van der Waals surface area contributed by atoms with Crippen LogP contribution in [-0.2, 0) is 34.4 Å². The first kappa shape index (κ1) is 24.0. The minimum Gasteiger partial charge on any atom is -0.465 e. The molecule has 0 aliphatic heterocycles. The number of carbonyl (C=O) groups is 1. The second-order valence-electron chi connectivity index (χ2n) is 6.84. The molecule has 154 valence electrons. The third kappa shape index (κ3) is 5.71. The average molecular weight is 421 g/mol. The molecular weight excluding hydrogens is 391 g/mol. The van der Waals surface area contributed by atoms with E-state index in [4.69, 9.17) is 29.8 Å². The molecule has 0 radical (unpaired) electrons. The normalized spacial score (nSPS) is 13.1. The van der Waals surface area contributed by atoms with Gasteiger partial charge < -0.3 is 18.2 Å². The predicted octanol–water partition coefficient (Wildman–Crippen LogP) is 5.79. The van der Waals surface area contributed by atoms with Crippen molar-refractivity contribution in [3.8, 4) is 0 Å². The Bertz CT molecular complexity index is 719. The lowest BCUT2D eigenvalue weighted by molar-refractivity contribution is -0.137. The van der Waals surface area contributed by atoms with E-state index < -0.39 is 13.6 Å². The molecule has 1 aromatic rings. The summed E-state index contributed by atoms with van der Waals surface area (Å²) in [6, 6.07) is 0. The van der Waals surface area contributed by atoms with Crippen LogP contribution in [0.15, 0.2) is 10.5 Å². The van der Waals surface area contributed by atoms with E-state index in [2.05, 4.69) is 0 Å². The molecule has 0 atom stereocenters. The number of carbonyl (C=O) groups excluding carboxylic acids is 1. The highest BCUT2D eigenvalue weighted by Crippen LogP contribution is 2.62. The van der Waals surface area contributed by atoms with Gasteiger partial charge in [-0.15, -0.1) is 11.6 Å². The van der Waals surface area contributed by atoms with Crippen molar-refractivity contribution in [3.05, 3.63) is 28.7 Å². The van der Waals surface area contributed by atoms with E-state index in [-0.39, 0.29) is 36.4 Å². The van der Waals surface area contributed by atoms with Crippen LogP contribution in [0.2, 0.25) is 0 Å². The summed E-state index contributed by atoms with van der Waals surface area (Å²) in [6.45, 7) is 13.3. The van der Waals surface area contributed by atoms with E-state index in [1.54, 1.807) is 27.7 Å². The van der Waals surface area contributed by atoms with Crippen LogP contribution in [0.5, 0.6) is 0 Å². The van der Waals surface area contributed by atoms with Crippen LogP contribution in [0, 0.1) is 6.92 Å². The molecular formula is C19H30ClO6P. The Morgan fingerprint density at radius 1 is 1.15 bits per heavy atom. The van der Waals surface area contributed by atoms with E-state index in [0.717, 1.165) is 6.08 Å². The molecule has 0 fully saturated rings. The summed E-state index contributed by atoms with van der Waals surface area (Å²) in [7, 11) is -3.79. The fourth-order valence-corrected chi connectivity index (χ4v) is 4.88. The first-order valence-corrected chi connectivity index (χ1v) is 11.1. The monoisotopic (exact) mass is 420 g/mol. The molecule has 1 rings (SSSR count). The molecule has 0 saturated heterocycles. The third-order valence-electron chi connectivity index (χ3n) is 3.69. The van der Waals surface area contributed by atoms with Gasteiger partial charge in [0.2, 0.25) is 0 Å². The second kappa shape index (κ2) is 9.92. The summed E-state index contributed by atoms with van der Waals surface area (Å²) in [5.74, 6) is 0.646. The average Bonchev–Trinajstić information content (AvgIpc) is 2.89. The summed E-state index contributed by atoms with van der Waals surface area (Å²) in [5.41, 5.74) is 0.814. The SMILES string of the molecule is CCOC(=O)/C=C(/c1c(C)oc(C(C)(C)C)c1CCl)P(=O)(OCC)OCC. The van der Waals surface area contributed by atoms with Crippen LogP contribution < -0.4 is 0 Å². The van der Waals surface area contributed by atoms with E-state index >= 15 is 0 Å². The minimum absolute atomic E-state index is 0.108. The molecule has 0 spiro atoms. The molecule has 0 bridgehead atoms. The fourth-order valence-electron chi connectivity index (χ4n) is 2.76. The van der Waals surface area contributed by atoms with Gasteiger partial charge in [0.25, 0.3) is 0 Å². The van der Waals surface area contributed by atoms with Gasteiger partial charge in [0.15, 0.2) is 0 Å². The summed E-state index contributed by atoms with van der Waals surface area (Å²) in [4.78, 5) is 12.2. The van der Waals surface area contributed by atoms with Gasteiger partial charge in [0, 0.05) is 22.6 Å². The number of alkyl halides is 1. The Balaban J connectivity index is 3.79. The van der Waals surface area contributed by atoms with Crippen molar-refractivity contribution in [2.24, 2.45) is 0 Å². The molecule has 1 aromatic heterocycles. The highest BCUT2D eigenvalue weighted by molar-refractivity contribution is 7.65. The van der Waals surface area contributed by atoms with Gasteiger partial charge >= 0.3 is 13.6 Å². The fraction of sp³-hybridized carbons (Fsp3) is 0.632. The summed E-state index contributed by atoms with van der Waals surface area (Å²) < 4.78 is 35.5. The Kier molecular flexibility index (Phi) is 8.81. The van der Waals surface area contributed by atoms with Crippen LogP contribution in [0.25, 0.3) is 5.31 Å². The zero-order chi connectivity index (χ0) is 20.8. The van der Waals surface area contributed by atoms with Gasteiger partial charge in [-0.3, -0.25) is 4.57 Å². The van der Waals surface area contributed by atoms with Gasteiger partial charge in [-0.05, 0) is 27.7 Å².